The van der Waals surface area contributed by atoms with Crippen molar-refractivity contribution in [2.24, 2.45) is 5.92 Å². The van der Waals surface area contributed by atoms with Crippen LogP contribution in [0.2, 0.25) is 0 Å². The molecule has 1 amide bonds. The standard InChI is InChI=1S/C15H25N3O/c1-6-16-14-9-7-8-13(17-14)15(19)18(5)12(4)10-11(2)3/h7-9,11-12H,6,10H2,1-5H3,(H,16,17). The summed E-state index contributed by atoms with van der Waals surface area (Å²) in [6.45, 7) is 9.21. The summed E-state index contributed by atoms with van der Waals surface area (Å²) in [7, 11) is 1.84. The van der Waals surface area contributed by atoms with Crippen molar-refractivity contribution in [1.29, 1.82) is 0 Å². The van der Waals surface area contributed by atoms with Gasteiger partial charge in [-0.2, -0.15) is 0 Å². The van der Waals surface area contributed by atoms with Gasteiger partial charge in [-0.25, -0.2) is 4.98 Å². The quantitative estimate of drug-likeness (QED) is 0.858. The van der Waals surface area contributed by atoms with Gasteiger partial charge in [0.2, 0.25) is 0 Å². The highest BCUT2D eigenvalue weighted by Crippen LogP contribution is 2.13. The molecular formula is C15H25N3O. The minimum absolute atomic E-state index is 0.0205. The fraction of sp³-hybridized carbons (Fsp3) is 0.600. The number of anilines is 1. The summed E-state index contributed by atoms with van der Waals surface area (Å²) in [5.41, 5.74) is 0.497. The zero-order chi connectivity index (χ0) is 14.4. The van der Waals surface area contributed by atoms with Crippen LogP contribution in [0.25, 0.3) is 0 Å². The van der Waals surface area contributed by atoms with Crippen LogP contribution in [0, 0.1) is 5.92 Å². The van der Waals surface area contributed by atoms with E-state index >= 15 is 0 Å². The lowest BCUT2D eigenvalue weighted by atomic mass is 10.0. The van der Waals surface area contributed by atoms with E-state index in [4.69, 9.17) is 0 Å². The number of hydrogen-bond acceptors (Lipinski definition) is 3. The molecule has 0 aliphatic rings. The Bertz CT molecular complexity index is 418. The number of hydrogen-bond donors (Lipinski definition) is 1. The van der Waals surface area contributed by atoms with Gasteiger partial charge < -0.3 is 10.2 Å². The minimum Gasteiger partial charge on any atom is -0.370 e. The normalized spacial score (nSPS) is 12.3. The second-order valence-electron chi connectivity index (χ2n) is 5.33. The molecule has 0 aliphatic heterocycles. The maximum atomic E-state index is 12.4. The van der Waals surface area contributed by atoms with Crippen molar-refractivity contribution in [3.05, 3.63) is 23.9 Å². The van der Waals surface area contributed by atoms with E-state index in [9.17, 15) is 4.79 Å². The van der Waals surface area contributed by atoms with Gasteiger partial charge in [0.05, 0.1) is 0 Å². The van der Waals surface area contributed by atoms with Gasteiger partial charge in [-0.05, 0) is 38.3 Å². The molecule has 19 heavy (non-hydrogen) atoms. The lowest BCUT2D eigenvalue weighted by Crippen LogP contribution is -2.36. The zero-order valence-corrected chi connectivity index (χ0v) is 12.6. The van der Waals surface area contributed by atoms with Crippen molar-refractivity contribution in [3.8, 4) is 0 Å². The van der Waals surface area contributed by atoms with Crippen molar-refractivity contribution in [2.75, 3.05) is 18.9 Å². The van der Waals surface area contributed by atoms with Gasteiger partial charge >= 0.3 is 0 Å². The summed E-state index contributed by atoms with van der Waals surface area (Å²) < 4.78 is 0. The van der Waals surface area contributed by atoms with Crippen molar-refractivity contribution in [1.82, 2.24) is 9.88 Å². The fourth-order valence-corrected chi connectivity index (χ4v) is 2.05. The zero-order valence-electron chi connectivity index (χ0n) is 12.6. The molecule has 0 radical (unpaired) electrons. The maximum Gasteiger partial charge on any atom is 0.272 e. The van der Waals surface area contributed by atoms with Gasteiger partial charge in [0.1, 0.15) is 11.5 Å². The van der Waals surface area contributed by atoms with Crippen LogP contribution in [0.1, 0.15) is 44.6 Å². The second-order valence-corrected chi connectivity index (χ2v) is 5.33. The summed E-state index contributed by atoms with van der Waals surface area (Å²) in [6, 6.07) is 5.72. The van der Waals surface area contributed by atoms with Crippen LogP contribution in [0.5, 0.6) is 0 Å². The molecule has 0 bridgehead atoms. The number of rotatable bonds is 6. The minimum atomic E-state index is -0.0205. The van der Waals surface area contributed by atoms with Crippen molar-refractivity contribution in [3.63, 3.8) is 0 Å². The topological polar surface area (TPSA) is 45.2 Å². The van der Waals surface area contributed by atoms with Crippen LogP contribution in [-0.2, 0) is 0 Å². The highest BCUT2D eigenvalue weighted by atomic mass is 16.2. The van der Waals surface area contributed by atoms with E-state index in [1.54, 1.807) is 11.0 Å². The smallest absolute Gasteiger partial charge is 0.272 e. The number of aromatic nitrogens is 1. The van der Waals surface area contributed by atoms with Crippen LogP contribution < -0.4 is 5.32 Å². The molecule has 0 spiro atoms. The number of pyridine rings is 1. The molecule has 1 N–H and O–H groups in total. The van der Waals surface area contributed by atoms with Crippen molar-refractivity contribution < 1.29 is 4.79 Å². The molecule has 106 valence electrons. The Balaban J connectivity index is 2.78. The Morgan fingerprint density at radius 1 is 1.37 bits per heavy atom. The molecule has 1 atom stereocenters. The van der Waals surface area contributed by atoms with Crippen molar-refractivity contribution in [2.45, 2.75) is 40.2 Å². The summed E-state index contributed by atoms with van der Waals surface area (Å²) >= 11 is 0. The molecule has 4 nitrogen and oxygen atoms in total. The van der Waals surface area contributed by atoms with Crippen LogP contribution in [0.4, 0.5) is 5.82 Å². The molecule has 0 aromatic carbocycles. The highest BCUT2D eigenvalue weighted by molar-refractivity contribution is 5.92. The van der Waals surface area contributed by atoms with E-state index in [2.05, 4.69) is 31.1 Å². The van der Waals surface area contributed by atoms with E-state index in [-0.39, 0.29) is 11.9 Å². The molecular weight excluding hydrogens is 238 g/mol. The number of nitrogens with zero attached hydrogens (tertiary/aromatic N) is 2. The van der Waals surface area contributed by atoms with Crippen LogP contribution in [0.15, 0.2) is 18.2 Å². The average molecular weight is 263 g/mol. The van der Waals surface area contributed by atoms with Gasteiger partial charge in [-0.1, -0.05) is 19.9 Å². The van der Waals surface area contributed by atoms with Gasteiger partial charge in [-0.15, -0.1) is 0 Å². The first-order chi connectivity index (χ1) is 8.95. The summed E-state index contributed by atoms with van der Waals surface area (Å²) in [4.78, 5) is 18.5. The molecule has 1 unspecified atom stereocenters. The first-order valence-electron chi connectivity index (χ1n) is 6.93. The first-order valence-corrected chi connectivity index (χ1v) is 6.93. The third-order valence-corrected chi connectivity index (χ3v) is 3.12. The average Bonchev–Trinajstić information content (AvgIpc) is 2.37. The number of amides is 1. The van der Waals surface area contributed by atoms with Crippen LogP contribution in [0.3, 0.4) is 0 Å². The highest BCUT2D eigenvalue weighted by Gasteiger charge is 2.19. The second kappa shape index (κ2) is 7.12. The number of carbonyl (C=O) groups is 1. The van der Waals surface area contributed by atoms with Crippen LogP contribution >= 0.6 is 0 Å². The molecule has 0 saturated heterocycles. The third kappa shape index (κ3) is 4.54. The lowest BCUT2D eigenvalue weighted by Gasteiger charge is -2.26. The van der Waals surface area contributed by atoms with Gasteiger partial charge in [0.15, 0.2) is 0 Å². The molecule has 1 rings (SSSR count). The van der Waals surface area contributed by atoms with E-state index in [0.717, 1.165) is 18.8 Å². The summed E-state index contributed by atoms with van der Waals surface area (Å²) in [5, 5.41) is 3.12. The Morgan fingerprint density at radius 2 is 2.05 bits per heavy atom. The van der Waals surface area contributed by atoms with Crippen LogP contribution in [-0.4, -0.2) is 35.4 Å². The molecule has 0 fully saturated rings. The molecule has 0 saturated carbocycles. The maximum absolute atomic E-state index is 12.4. The Kier molecular flexibility index (Phi) is 5.80. The predicted octanol–water partition coefficient (Wildman–Crippen LogP) is 3.02. The van der Waals surface area contributed by atoms with Crippen molar-refractivity contribution >= 4 is 11.7 Å². The monoisotopic (exact) mass is 263 g/mol. The van der Waals surface area contributed by atoms with E-state index in [0.29, 0.717) is 11.6 Å². The van der Waals surface area contributed by atoms with E-state index < -0.39 is 0 Å². The number of nitrogens with one attached hydrogen (secondary N) is 1. The Hall–Kier alpha value is -1.58. The third-order valence-electron chi connectivity index (χ3n) is 3.12. The van der Waals surface area contributed by atoms with E-state index in [1.807, 2.05) is 26.1 Å². The van der Waals surface area contributed by atoms with Gasteiger partial charge in [-0.3, -0.25) is 4.79 Å². The van der Waals surface area contributed by atoms with E-state index in [1.165, 1.54) is 0 Å². The Labute approximate surface area is 116 Å². The summed E-state index contributed by atoms with van der Waals surface area (Å²) in [5.74, 6) is 1.30. The molecule has 1 heterocycles. The lowest BCUT2D eigenvalue weighted by molar-refractivity contribution is 0.0722. The molecule has 0 aliphatic carbocycles. The molecule has 1 aromatic rings. The largest absolute Gasteiger partial charge is 0.370 e. The molecule has 1 aromatic heterocycles. The van der Waals surface area contributed by atoms with Gasteiger partial charge in [0, 0.05) is 19.6 Å². The first kappa shape index (κ1) is 15.5. The predicted molar refractivity (Wildman–Crippen MR) is 79.4 cm³/mol. The SMILES string of the molecule is CCNc1cccc(C(=O)N(C)C(C)CC(C)C)n1. The van der Waals surface area contributed by atoms with Gasteiger partial charge in [0.25, 0.3) is 5.91 Å². The summed E-state index contributed by atoms with van der Waals surface area (Å²) in [6.07, 6.45) is 0.995. The number of carbonyl (C=O) groups excluding carboxylic acids is 1. The Morgan fingerprint density at radius 3 is 2.63 bits per heavy atom. The molecule has 4 heteroatoms. The fourth-order valence-electron chi connectivity index (χ4n) is 2.05.